The number of para-hydroxylation sites is 1. The Labute approximate surface area is 115 Å². The van der Waals surface area contributed by atoms with E-state index in [-0.39, 0.29) is 12.0 Å². The molecule has 1 spiro atoms. The minimum atomic E-state index is -0.945. The second kappa shape index (κ2) is 3.80. The first-order valence-corrected chi connectivity index (χ1v) is 6.38. The Morgan fingerprint density at radius 2 is 2.05 bits per heavy atom. The van der Waals surface area contributed by atoms with Gasteiger partial charge in [0.1, 0.15) is 6.10 Å². The maximum atomic E-state index is 12.7. The highest BCUT2D eigenvalue weighted by Gasteiger charge is 2.70. The Balaban J connectivity index is 1.69. The van der Waals surface area contributed by atoms with Gasteiger partial charge in [-0.25, -0.2) is 0 Å². The Kier molecular flexibility index (Phi) is 2.17. The molecule has 0 N–H and O–H groups in total. The van der Waals surface area contributed by atoms with Gasteiger partial charge in [-0.15, -0.1) is 0 Å². The average molecular weight is 268 g/mol. The molecule has 100 valence electrons. The molecule has 2 aliphatic rings. The zero-order valence-corrected chi connectivity index (χ0v) is 10.8. The fraction of sp³-hybridized carbons (Fsp3) is 0.200. The fourth-order valence-corrected chi connectivity index (χ4v) is 2.64. The van der Waals surface area contributed by atoms with Crippen LogP contribution in [-0.4, -0.2) is 17.2 Å². The molecule has 2 aliphatic heterocycles. The van der Waals surface area contributed by atoms with Crippen molar-refractivity contribution in [1.29, 1.82) is 0 Å². The van der Waals surface area contributed by atoms with Crippen LogP contribution in [0.5, 0.6) is 0 Å². The smallest absolute Gasteiger partial charge is 0.288 e. The van der Waals surface area contributed by atoms with Gasteiger partial charge in [0.2, 0.25) is 5.60 Å². The monoisotopic (exact) mass is 268 g/mol. The number of epoxide rings is 1. The van der Waals surface area contributed by atoms with E-state index in [0.29, 0.717) is 5.71 Å². The van der Waals surface area contributed by atoms with E-state index < -0.39 is 5.60 Å². The van der Waals surface area contributed by atoms with Crippen LogP contribution in [0.3, 0.4) is 0 Å². The number of anilines is 1. The number of rotatable bonds is 2. The molecular formula is C15H12N2O3. The summed E-state index contributed by atoms with van der Waals surface area (Å²) in [7, 11) is 0. The summed E-state index contributed by atoms with van der Waals surface area (Å²) >= 11 is 0. The number of hydrazone groups is 1. The number of amides is 1. The molecule has 1 fully saturated rings. The Hall–Kier alpha value is -2.40. The zero-order chi connectivity index (χ0) is 13.7. The van der Waals surface area contributed by atoms with Gasteiger partial charge in [-0.1, -0.05) is 18.2 Å². The Bertz CT molecular complexity index is 693. The normalized spacial score (nSPS) is 28.1. The molecule has 4 rings (SSSR count). The first kappa shape index (κ1) is 11.4. The molecule has 0 unspecified atom stereocenters. The highest BCUT2D eigenvalue weighted by atomic mass is 16.6. The molecular weight excluding hydrogens is 256 g/mol. The van der Waals surface area contributed by atoms with Gasteiger partial charge in [0, 0.05) is 5.56 Å². The van der Waals surface area contributed by atoms with Crippen LogP contribution in [0, 0.1) is 0 Å². The lowest BCUT2D eigenvalue weighted by molar-refractivity contribution is -0.120. The van der Waals surface area contributed by atoms with Crippen molar-refractivity contribution in [2.24, 2.45) is 5.10 Å². The van der Waals surface area contributed by atoms with E-state index in [0.717, 1.165) is 11.3 Å². The van der Waals surface area contributed by atoms with Crippen molar-refractivity contribution in [3.63, 3.8) is 0 Å². The zero-order valence-electron chi connectivity index (χ0n) is 10.8. The molecule has 0 radical (unpaired) electrons. The summed E-state index contributed by atoms with van der Waals surface area (Å²) < 4.78 is 10.8. The van der Waals surface area contributed by atoms with Crippen molar-refractivity contribution < 1.29 is 13.9 Å². The van der Waals surface area contributed by atoms with Crippen LogP contribution in [0.4, 0.5) is 5.69 Å². The second-order valence-corrected chi connectivity index (χ2v) is 4.93. The van der Waals surface area contributed by atoms with Gasteiger partial charge in [0.15, 0.2) is 0 Å². The SMILES string of the molecule is CC1=NN(c2ccccc2)C(=O)[C@]12O[C@@H]2c1ccoc1. The Morgan fingerprint density at radius 1 is 1.25 bits per heavy atom. The van der Waals surface area contributed by atoms with Crippen LogP contribution in [0.25, 0.3) is 0 Å². The summed E-state index contributed by atoms with van der Waals surface area (Å²) in [5.41, 5.74) is 1.34. The predicted octanol–water partition coefficient (Wildman–Crippen LogP) is 2.51. The van der Waals surface area contributed by atoms with Gasteiger partial charge in [-0.2, -0.15) is 10.1 Å². The third-order valence-electron chi connectivity index (χ3n) is 3.76. The number of nitrogens with zero attached hydrogens (tertiary/aromatic N) is 2. The second-order valence-electron chi connectivity index (χ2n) is 4.93. The molecule has 5 heteroatoms. The molecule has 1 aromatic carbocycles. The highest BCUT2D eigenvalue weighted by Crippen LogP contribution is 2.54. The molecule has 2 aromatic rings. The van der Waals surface area contributed by atoms with E-state index in [1.165, 1.54) is 5.01 Å². The lowest BCUT2D eigenvalue weighted by atomic mass is 9.96. The minimum Gasteiger partial charge on any atom is -0.472 e. The number of hydrogen-bond acceptors (Lipinski definition) is 4. The molecule has 5 nitrogen and oxygen atoms in total. The van der Waals surface area contributed by atoms with Gasteiger partial charge in [-0.3, -0.25) is 4.79 Å². The van der Waals surface area contributed by atoms with Gasteiger partial charge in [0.25, 0.3) is 5.91 Å². The molecule has 1 saturated heterocycles. The van der Waals surface area contributed by atoms with Crippen molar-refractivity contribution in [1.82, 2.24) is 0 Å². The number of hydrogen-bond donors (Lipinski definition) is 0. The maximum Gasteiger partial charge on any atom is 0.288 e. The van der Waals surface area contributed by atoms with E-state index in [4.69, 9.17) is 9.15 Å². The summed E-state index contributed by atoms with van der Waals surface area (Å²) in [6.07, 6.45) is 2.88. The van der Waals surface area contributed by atoms with Gasteiger partial charge in [-0.05, 0) is 25.1 Å². The standard InChI is InChI=1S/C15H12N2O3/c1-10-15(13(20-15)11-7-8-19-9-11)14(18)17(16-10)12-5-3-2-4-6-12/h2-9,13H,1H3/t13-,15+/m1/s1. The summed E-state index contributed by atoms with van der Waals surface area (Å²) in [5, 5.41) is 5.77. The van der Waals surface area contributed by atoms with Crippen LogP contribution in [-0.2, 0) is 9.53 Å². The van der Waals surface area contributed by atoms with E-state index >= 15 is 0 Å². The highest BCUT2D eigenvalue weighted by molar-refractivity contribution is 6.24. The largest absolute Gasteiger partial charge is 0.472 e. The first-order valence-electron chi connectivity index (χ1n) is 6.38. The lowest BCUT2D eigenvalue weighted by Crippen LogP contribution is -2.35. The Morgan fingerprint density at radius 3 is 2.75 bits per heavy atom. The number of furan rings is 1. The topological polar surface area (TPSA) is 58.3 Å². The summed E-state index contributed by atoms with van der Waals surface area (Å²) in [4.78, 5) is 12.7. The van der Waals surface area contributed by atoms with Gasteiger partial charge >= 0.3 is 0 Å². The van der Waals surface area contributed by atoms with Crippen molar-refractivity contribution >= 4 is 17.3 Å². The van der Waals surface area contributed by atoms with Crippen molar-refractivity contribution in [3.8, 4) is 0 Å². The van der Waals surface area contributed by atoms with Gasteiger partial charge in [0.05, 0.1) is 23.9 Å². The van der Waals surface area contributed by atoms with E-state index in [1.807, 2.05) is 43.3 Å². The number of ether oxygens (including phenoxy) is 1. The quantitative estimate of drug-likeness (QED) is 0.786. The number of benzene rings is 1. The third-order valence-corrected chi connectivity index (χ3v) is 3.76. The molecule has 1 aromatic heterocycles. The van der Waals surface area contributed by atoms with E-state index in [1.54, 1.807) is 12.5 Å². The molecule has 2 atom stereocenters. The van der Waals surface area contributed by atoms with Crippen LogP contribution in [0.2, 0.25) is 0 Å². The van der Waals surface area contributed by atoms with Crippen molar-refractivity contribution in [2.45, 2.75) is 18.6 Å². The van der Waals surface area contributed by atoms with Gasteiger partial charge < -0.3 is 9.15 Å². The van der Waals surface area contributed by atoms with Crippen LogP contribution in [0.15, 0.2) is 58.4 Å². The summed E-state index contributed by atoms with van der Waals surface area (Å²) in [5.74, 6) is -0.146. The van der Waals surface area contributed by atoms with Crippen LogP contribution >= 0.6 is 0 Å². The average Bonchev–Trinajstić information content (AvgIpc) is 2.90. The summed E-state index contributed by atoms with van der Waals surface area (Å²) in [6, 6.07) is 11.2. The number of carbonyl (C=O) groups is 1. The van der Waals surface area contributed by atoms with E-state index in [2.05, 4.69) is 5.10 Å². The lowest BCUT2D eigenvalue weighted by Gasteiger charge is -2.12. The first-order chi connectivity index (χ1) is 9.73. The number of carbonyl (C=O) groups excluding carboxylic acids is 1. The van der Waals surface area contributed by atoms with Crippen molar-refractivity contribution in [2.75, 3.05) is 5.01 Å². The molecule has 3 heterocycles. The maximum absolute atomic E-state index is 12.7. The predicted molar refractivity (Wildman–Crippen MR) is 72.3 cm³/mol. The van der Waals surface area contributed by atoms with Crippen LogP contribution in [0.1, 0.15) is 18.6 Å². The third kappa shape index (κ3) is 1.35. The van der Waals surface area contributed by atoms with Crippen LogP contribution < -0.4 is 5.01 Å². The molecule has 0 bridgehead atoms. The van der Waals surface area contributed by atoms with E-state index in [9.17, 15) is 4.79 Å². The minimum absolute atomic E-state index is 0.146. The summed E-state index contributed by atoms with van der Waals surface area (Å²) in [6.45, 7) is 1.82. The molecule has 0 aliphatic carbocycles. The fourth-order valence-electron chi connectivity index (χ4n) is 2.64. The van der Waals surface area contributed by atoms with Crippen molar-refractivity contribution in [3.05, 3.63) is 54.5 Å². The molecule has 20 heavy (non-hydrogen) atoms. The molecule has 0 saturated carbocycles. The molecule has 1 amide bonds.